The fraction of sp³-hybridized carbons (Fsp3) is 0.0714. The van der Waals surface area contributed by atoms with Crippen LogP contribution in [0.5, 0.6) is 0 Å². The quantitative estimate of drug-likeness (QED) is 0.854. The Morgan fingerprint density at radius 3 is 2.43 bits per heavy atom. The van der Waals surface area contributed by atoms with Crippen molar-refractivity contribution >= 4 is 29.0 Å². The number of alkyl halides is 3. The van der Waals surface area contributed by atoms with Crippen LogP contribution in [-0.2, 0) is 11.0 Å². The number of para-hydroxylation sites is 1. The molecule has 23 heavy (non-hydrogen) atoms. The number of carbonyl (C=O) groups excluding carboxylic acids is 2. The third-order valence-corrected chi connectivity index (χ3v) is 3.77. The molecule has 0 saturated carbocycles. The number of hydrogen-bond acceptors (Lipinski definition) is 4. The number of aromatic nitrogens is 2. The molecule has 2 heterocycles. The van der Waals surface area contributed by atoms with Crippen LogP contribution in [0, 0.1) is 0 Å². The first kappa shape index (κ1) is 15.3. The highest BCUT2D eigenvalue weighted by atomic mass is 32.2. The molecule has 2 amide bonds. The van der Waals surface area contributed by atoms with Gasteiger partial charge in [0.15, 0.2) is 5.69 Å². The molecule has 0 bridgehead atoms. The van der Waals surface area contributed by atoms with Crippen LogP contribution < -0.4 is 5.32 Å². The molecule has 1 fully saturated rings. The molecule has 2 aromatic rings. The summed E-state index contributed by atoms with van der Waals surface area (Å²) in [5, 5.41) is 4.93. The first-order valence-corrected chi connectivity index (χ1v) is 7.13. The summed E-state index contributed by atoms with van der Waals surface area (Å²) in [7, 11) is 0. The van der Waals surface area contributed by atoms with Gasteiger partial charge in [0.2, 0.25) is 0 Å². The number of nitrogens with one attached hydrogen (secondary N) is 1. The van der Waals surface area contributed by atoms with Gasteiger partial charge in [-0.1, -0.05) is 18.2 Å². The zero-order valence-corrected chi connectivity index (χ0v) is 12.1. The number of imide groups is 1. The number of amides is 2. The molecule has 1 aromatic heterocycles. The molecule has 0 radical (unpaired) electrons. The number of nitrogens with zero attached hydrogens (tertiary/aromatic N) is 2. The second kappa shape index (κ2) is 5.58. The Balaban J connectivity index is 2.09. The molecule has 5 nitrogen and oxygen atoms in total. The Hall–Kier alpha value is -2.55. The van der Waals surface area contributed by atoms with E-state index in [0.29, 0.717) is 17.4 Å². The van der Waals surface area contributed by atoms with Crippen LogP contribution >= 0.6 is 11.8 Å². The predicted molar refractivity (Wildman–Crippen MR) is 77.7 cm³/mol. The molecular weight excluding hydrogens is 331 g/mol. The zero-order chi connectivity index (χ0) is 16.6. The second-order valence-corrected chi connectivity index (χ2v) is 5.58. The number of thioether (sulfide) groups is 1. The van der Waals surface area contributed by atoms with Crippen molar-refractivity contribution < 1.29 is 22.8 Å². The van der Waals surface area contributed by atoms with Gasteiger partial charge in [-0.15, -0.1) is 0 Å². The van der Waals surface area contributed by atoms with Crippen molar-refractivity contribution in [2.45, 2.75) is 6.18 Å². The summed E-state index contributed by atoms with van der Waals surface area (Å²) in [5.74, 6) is -0.722. The lowest BCUT2D eigenvalue weighted by molar-refractivity contribution is -0.141. The van der Waals surface area contributed by atoms with Crippen LogP contribution in [0.3, 0.4) is 0 Å². The van der Waals surface area contributed by atoms with Crippen molar-refractivity contribution in [3.05, 3.63) is 52.7 Å². The van der Waals surface area contributed by atoms with E-state index in [4.69, 9.17) is 0 Å². The van der Waals surface area contributed by atoms with Gasteiger partial charge in [-0.25, -0.2) is 4.68 Å². The van der Waals surface area contributed by atoms with Gasteiger partial charge in [-0.3, -0.25) is 14.9 Å². The summed E-state index contributed by atoms with van der Waals surface area (Å²) in [6, 6.07) is 8.27. The van der Waals surface area contributed by atoms with Crippen molar-refractivity contribution in [1.29, 1.82) is 0 Å². The minimum Gasteiger partial charge on any atom is -0.282 e. The Labute approximate surface area is 132 Å². The number of carbonyl (C=O) groups is 2. The lowest BCUT2D eigenvalue weighted by Gasteiger charge is -2.03. The average Bonchev–Trinajstić information content (AvgIpc) is 3.04. The molecule has 9 heteroatoms. The summed E-state index contributed by atoms with van der Waals surface area (Å²) < 4.78 is 40.5. The van der Waals surface area contributed by atoms with Crippen molar-refractivity contribution in [3.8, 4) is 5.69 Å². The van der Waals surface area contributed by atoms with Gasteiger partial charge in [0.1, 0.15) is 0 Å². The van der Waals surface area contributed by atoms with Crippen LogP contribution in [0.15, 0.2) is 41.4 Å². The lowest BCUT2D eigenvalue weighted by Crippen LogP contribution is -2.17. The maximum absolute atomic E-state index is 13.1. The summed E-state index contributed by atoms with van der Waals surface area (Å²) >= 11 is 0.550. The summed E-state index contributed by atoms with van der Waals surface area (Å²) in [6.45, 7) is 0. The largest absolute Gasteiger partial charge is 0.435 e. The summed E-state index contributed by atoms with van der Waals surface area (Å²) in [5.41, 5.74) is -0.961. The minimum absolute atomic E-state index is 0.104. The molecule has 0 atom stereocenters. The molecule has 1 aliphatic heterocycles. The predicted octanol–water partition coefficient (Wildman–Crippen LogP) is 3.22. The molecule has 1 N–H and O–H groups in total. The van der Waals surface area contributed by atoms with Gasteiger partial charge < -0.3 is 0 Å². The third-order valence-electron chi connectivity index (χ3n) is 2.96. The molecule has 3 rings (SSSR count). The topological polar surface area (TPSA) is 64.0 Å². The fourth-order valence-electron chi connectivity index (χ4n) is 1.99. The maximum Gasteiger partial charge on any atom is 0.435 e. The number of halogens is 3. The Morgan fingerprint density at radius 1 is 1.17 bits per heavy atom. The molecule has 0 aliphatic carbocycles. The molecule has 118 valence electrons. The standard InChI is InChI=1S/C14H8F3N3O2S/c15-14(16,17)11-8(6-10-12(21)18-13(22)23-10)7-20(19-11)9-4-2-1-3-5-9/h1-7H,(H,18,21,22)/b10-6-. The van der Waals surface area contributed by atoms with Crippen molar-refractivity contribution in [2.24, 2.45) is 0 Å². The van der Waals surface area contributed by atoms with E-state index in [1.165, 1.54) is 6.20 Å². The van der Waals surface area contributed by atoms with Crippen molar-refractivity contribution in [1.82, 2.24) is 15.1 Å². The Morgan fingerprint density at radius 2 is 1.87 bits per heavy atom. The van der Waals surface area contributed by atoms with E-state index in [9.17, 15) is 22.8 Å². The van der Waals surface area contributed by atoms with Gasteiger partial charge in [-0.05, 0) is 30.0 Å². The van der Waals surface area contributed by atoms with E-state index >= 15 is 0 Å². The minimum atomic E-state index is -4.68. The van der Waals surface area contributed by atoms with Crippen molar-refractivity contribution in [2.75, 3.05) is 0 Å². The van der Waals surface area contributed by atoms with Crippen LogP contribution in [-0.4, -0.2) is 20.9 Å². The first-order chi connectivity index (χ1) is 10.8. The van der Waals surface area contributed by atoms with E-state index in [1.54, 1.807) is 30.3 Å². The molecule has 0 spiro atoms. The highest BCUT2D eigenvalue weighted by molar-refractivity contribution is 8.18. The molecule has 1 aromatic carbocycles. The normalized spacial score (nSPS) is 16.9. The maximum atomic E-state index is 13.1. The first-order valence-electron chi connectivity index (χ1n) is 6.32. The monoisotopic (exact) mass is 339 g/mol. The smallest absolute Gasteiger partial charge is 0.282 e. The van der Waals surface area contributed by atoms with Crippen LogP contribution in [0.4, 0.5) is 18.0 Å². The van der Waals surface area contributed by atoms with Gasteiger partial charge in [-0.2, -0.15) is 18.3 Å². The summed E-state index contributed by atoms with van der Waals surface area (Å²) in [4.78, 5) is 22.5. The van der Waals surface area contributed by atoms with Gasteiger partial charge >= 0.3 is 6.18 Å². The molecular formula is C14H8F3N3O2S. The molecule has 1 aliphatic rings. The summed E-state index contributed by atoms with van der Waals surface area (Å²) in [6.07, 6.45) is -2.50. The van der Waals surface area contributed by atoms with Crippen LogP contribution in [0.1, 0.15) is 11.3 Å². The number of rotatable bonds is 2. The number of hydrogen-bond donors (Lipinski definition) is 1. The van der Waals surface area contributed by atoms with Gasteiger partial charge in [0.05, 0.1) is 10.6 Å². The zero-order valence-electron chi connectivity index (χ0n) is 11.3. The average molecular weight is 339 g/mol. The van der Waals surface area contributed by atoms with Crippen molar-refractivity contribution in [3.63, 3.8) is 0 Å². The van der Waals surface area contributed by atoms with E-state index < -0.39 is 23.0 Å². The SMILES string of the molecule is O=C1NC(=O)/C(=C/c2cn(-c3ccccc3)nc2C(F)(F)F)S1. The fourth-order valence-corrected chi connectivity index (χ4v) is 2.66. The van der Waals surface area contributed by atoms with Crippen LogP contribution in [0.25, 0.3) is 11.8 Å². The van der Waals surface area contributed by atoms with Gasteiger partial charge in [0, 0.05) is 11.8 Å². The van der Waals surface area contributed by atoms with E-state index in [1.807, 2.05) is 5.32 Å². The Bertz CT molecular complexity index is 812. The van der Waals surface area contributed by atoms with Gasteiger partial charge in [0.25, 0.3) is 11.1 Å². The highest BCUT2D eigenvalue weighted by Gasteiger charge is 2.37. The number of benzene rings is 1. The Kier molecular flexibility index (Phi) is 3.72. The third kappa shape index (κ3) is 3.14. The van der Waals surface area contributed by atoms with E-state index in [2.05, 4.69) is 5.10 Å². The second-order valence-electron chi connectivity index (χ2n) is 4.56. The van der Waals surface area contributed by atoms with Crippen LogP contribution in [0.2, 0.25) is 0 Å². The molecule has 0 unspecified atom stereocenters. The lowest BCUT2D eigenvalue weighted by atomic mass is 10.2. The van der Waals surface area contributed by atoms with E-state index in [-0.39, 0.29) is 10.5 Å². The molecule has 1 saturated heterocycles. The van der Waals surface area contributed by atoms with E-state index in [0.717, 1.165) is 10.8 Å². The highest BCUT2D eigenvalue weighted by Crippen LogP contribution is 2.34.